The molecule has 0 fully saturated rings. The third-order valence-electron chi connectivity index (χ3n) is 4.16. The van der Waals surface area contributed by atoms with E-state index in [4.69, 9.17) is 0 Å². The molecule has 1 aliphatic carbocycles. The highest BCUT2D eigenvalue weighted by atomic mass is 32.1. The van der Waals surface area contributed by atoms with E-state index in [2.05, 4.69) is 10.3 Å². The zero-order valence-electron chi connectivity index (χ0n) is 12.7. The lowest BCUT2D eigenvalue weighted by Gasteiger charge is -2.13. The first-order valence-corrected chi connectivity index (χ1v) is 8.64. The molecule has 0 atom stereocenters. The maximum atomic E-state index is 12.9. The van der Waals surface area contributed by atoms with Crippen molar-refractivity contribution >= 4 is 22.9 Å². The molecular formula is C18H17N3OS. The van der Waals surface area contributed by atoms with E-state index in [1.165, 1.54) is 16.9 Å². The van der Waals surface area contributed by atoms with Crippen molar-refractivity contribution in [3.8, 4) is 5.00 Å². The fraction of sp³-hybridized carbons (Fsp3) is 0.222. The van der Waals surface area contributed by atoms with Crippen molar-refractivity contribution in [1.29, 1.82) is 0 Å². The quantitative estimate of drug-likeness (QED) is 0.790. The molecule has 116 valence electrons. The SMILES string of the molecule is O=C(Nc1ccncc1)c1c(-n2cccc2)sc2c1CCCC2. The van der Waals surface area contributed by atoms with Gasteiger partial charge in [-0.25, -0.2) is 0 Å². The van der Waals surface area contributed by atoms with Crippen molar-refractivity contribution in [3.63, 3.8) is 0 Å². The van der Waals surface area contributed by atoms with E-state index in [9.17, 15) is 4.79 Å². The average Bonchev–Trinajstić information content (AvgIpc) is 3.23. The van der Waals surface area contributed by atoms with Gasteiger partial charge in [-0.3, -0.25) is 9.78 Å². The monoisotopic (exact) mass is 323 g/mol. The molecule has 0 unspecified atom stereocenters. The summed E-state index contributed by atoms with van der Waals surface area (Å²) in [5.41, 5.74) is 2.84. The fourth-order valence-corrected chi connectivity index (χ4v) is 4.42. The number of hydrogen-bond acceptors (Lipinski definition) is 3. The number of aryl methyl sites for hydroxylation is 1. The van der Waals surface area contributed by atoms with Gasteiger partial charge in [0.1, 0.15) is 5.00 Å². The van der Waals surface area contributed by atoms with Gasteiger partial charge in [0.25, 0.3) is 5.91 Å². The first kappa shape index (κ1) is 14.2. The molecule has 5 heteroatoms. The van der Waals surface area contributed by atoms with Crippen LogP contribution in [0.3, 0.4) is 0 Å². The summed E-state index contributed by atoms with van der Waals surface area (Å²) in [4.78, 5) is 18.3. The Morgan fingerprint density at radius 2 is 1.87 bits per heavy atom. The number of fused-ring (bicyclic) bond motifs is 1. The molecule has 0 radical (unpaired) electrons. The van der Waals surface area contributed by atoms with Gasteiger partial charge < -0.3 is 9.88 Å². The normalized spacial score (nSPS) is 13.6. The lowest BCUT2D eigenvalue weighted by atomic mass is 9.95. The molecule has 1 amide bonds. The van der Waals surface area contributed by atoms with Crippen molar-refractivity contribution in [2.45, 2.75) is 25.7 Å². The van der Waals surface area contributed by atoms with Crippen LogP contribution in [0.25, 0.3) is 5.00 Å². The van der Waals surface area contributed by atoms with Crippen molar-refractivity contribution < 1.29 is 4.79 Å². The minimum absolute atomic E-state index is 0.0284. The van der Waals surface area contributed by atoms with Crippen LogP contribution in [-0.4, -0.2) is 15.5 Å². The number of thiophene rings is 1. The Bertz CT molecular complexity index is 822. The van der Waals surface area contributed by atoms with Crippen molar-refractivity contribution in [2.75, 3.05) is 5.32 Å². The summed E-state index contributed by atoms with van der Waals surface area (Å²) in [6, 6.07) is 7.60. The first-order chi connectivity index (χ1) is 11.3. The third-order valence-corrected chi connectivity index (χ3v) is 5.46. The van der Waals surface area contributed by atoms with Gasteiger partial charge in [-0.2, -0.15) is 0 Å². The van der Waals surface area contributed by atoms with Crippen LogP contribution in [0.5, 0.6) is 0 Å². The molecule has 23 heavy (non-hydrogen) atoms. The predicted molar refractivity (Wildman–Crippen MR) is 92.5 cm³/mol. The molecule has 3 heterocycles. The van der Waals surface area contributed by atoms with Gasteiger partial charge in [-0.1, -0.05) is 0 Å². The van der Waals surface area contributed by atoms with Gasteiger partial charge in [0.15, 0.2) is 0 Å². The highest BCUT2D eigenvalue weighted by Crippen LogP contribution is 2.37. The van der Waals surface area contributed by atoms with Crippen molar-refractivity contribution in [1.82, 2.24) is 9.55 Å². The highest BCUT2D eigenvalue weighted by molar-refractivity contribution is 7.15. The molecule has 3 aromatic heterocycles. The summed E-state index contributed by atoms with van der Waals surface area (Å²) in [5, 5.41) is 4.03. The number of aromatic nitrogens is 2. The maximum Gasteiger partial charge on any atom is 0.258 e. The van der Waals surface area contributed by atoms with Gasteiger partial charge in [0, 0.05) is 35.4 Å². The Hall–Kier alpha value is -2.40. The van der Waals surface area contributed by atoms with E-state index >= 15 is 0 Å². The summed E-state index contributed by atoms with van der Waals surface area (Å²) in [6.45, 7) is 0. The number of nitrogens with zero attached hydrogens (tertiary/aromatic N) is 2. The van der Waals surface area contributed by atoms with Crippen LogP contribution >= 0.6 is 11.3 Å². The number of carbonyl (C=O) groups is 1. The van der Waals surface area contributed by atoms with E-state index in [1.807, 2.05) is 41.2 Å². The van der Waals surface area contributed by atoms with E-state index in [1.54, 1.807) is 23.7 Å². The number of nitrogens with one attached hydrogen (secondary N) is 1. The summed E-state index contributed by atoms with van der Waals surface area (Å²) < 4.78 is 2.05. The van der Waals surface area contributed by atoms with E-state index in [-0.39, 0.29) is 5.91 Å². The maximum absolute atomic E-state index is 12.9. The lowest BCUT2D eigenvalue weighted by Crippen LogP contribution is -2.16. The van der Waals surface area contributed by atoms with Gasteiger partial charge in [0.2, 0.25) is 0 Å². The zero-order chi connectivity index (χ0) is 15.6. The number of carbonyl (C=O) groups excluding carboxylic acids is 1. The van der Waals surface area contributed by atoms with Crippen LogP contribution < -0.4 is 5.32 Å². The van der Waals surface area contributed by atoms with Crippen LogP contribution in [0.15, 0.2) is 49.1 Å². The molecule has 4 rings (SSSR count). The molecule has 0 bridgehead atoms. The molecule has 0 aliphatic heterocycles. The summed E-state index contributed by atoms with van der Waals surface area (Å²) in [6.07, 6.45) is 11.8. The van der Waals surface area contributed by atoms with Gasteiger partial charge in [-0.15, -0.1) is 11.3 Å². The second kappa shape index (κ2) is 6.01. The van der Waals surface area contributed by atoms with Gasteiger partial charge in [0.05, 0.1) is 5.56 Å². The smallest absolute Gasteiger partial charge is 0.258 e. The lowest BCUT2D eigenvalue weighted by molar-refractivity contribution is 0.102. The Morgan fingerprint density at radius 1 is 1.13 bits per heavy atom. The molecule has 3 aromatic rings. The predicted octanol–water partition coefficient (Wildman–Crippen LogP) is 4.06. The zero-order valence-corrected chi connectivity index (χ0v) is 13.5. The van der Waals surface area contributed by atoms with E-state index in [0.29, 0.717) is 0 Å². The van der Waals surface area contributed by atoms with Crippen LogP contribution in [0.1, 0.15) is 33.6 Å². The molecule has 1 aliphatic rings. The number of rotatable bonds is 3. The highest BCUT2D eigenvalue weighted by Gasteiger charge is 2.26. The molecule has 0 saturated carbocycles. The molecule has 4 nitrogen and oxygen atoms in total. The molecule has 0 saturated heterocycles. The minimum Gasteiger partial charge on any atom is -0.322 e. The Balaban J connectivity index is 1.77. The number of hydrogen-bond donors (Lipinski definition) is 1. The van der Waals surface area contributed by atoms with Gasteiger partial charge >= 0.3 is 0 Å². The number of anilines is 1. The summed E-state index contributed by atoms with van der Waals surface area (Å²) >= 11 is 1.75. The molecule has 1 N–H and O–H groups in total. The van der Waals surface area contributed by atoms with E-state index < -0.39 is 0 Å². The number of pyridine rings is 1. The van der Waals surface area contributed by atoms with Crippen molar-refractivity contribution in [2.24, 2.45) is 0 Å². The first-order valence-electron chi connectivity index (χ1n) is 7.82. The Labute approximate surface area is 138 Å². The molecule has 0 aromatic carbocycles. The standard InChI is InChI=1S/C18H17N3OS/c22-17(20-13-7-9-19-10-8-13)16-14-5-1-2-6-15(14)23-18(16)21-11-3-4-12-21/h3-4,7-12H,1-2,5-6H2,(H,19,20,22). The molecule has 0 spiro atoms. The molecular weight excluding hydrogens is 306 g/mol. The average molecular weight is 323 g/mol. The summed E-state index contributed by atoms with van der Waals surface area (Å²) in [5.74, 6) is -0.0284. The van der Waals surface area contributed by atoms with Crippen LogP contribution in [-0.2, 0) is 12.8 Å². The second-order valence-corrected chi connectivity index (χ2v) is 6.75. The number of amides is 1. The third kappa shape index (κ3) is 2.68. The van der Waals surface area contributed by atoms with E-state index in [0.717, 1.165) is 35.5 Å². The second-order valence-electron chi connectivity index (χ2n) is 5.67. The Kier molecular flexibility index (Phi) is 3.71. The largest absolute Gasteiger partial charge is 0.322 e. The fourth-order valence-electron chi connectivity index (χ4n) is 3.07. The topological polar surface area (TPSA) is 46.9 Å². The Morgan fingerprint density at radius 3 is 2.65 bits per heavy atom. The van der Waals surface area contributed by atoms with Crippen molar-refractivity contribution in [3.05, 3.63) is 65.1 Å². The van der Waals surface area contributed by atoms with Gasteiger partial charge in [-0.05, 0) is 55.5 Å². The summed E-state index contributed by atoms with van der Waals surface area (Å²) in [7, 11) is 0. The minimum atomic E-state index is -0.0284. The van der Waals surface area contributed by atoms with Crippen LogP contribution in [0.4, 0.5) is 5.69 Å². The van der Waals surface area contributed by atoms with Crippen LogP contribution in [0.2, 0.25) is 0 Å². The van der Waals surface area contributed by atoms with Crippen LogP contribution in [0, 0.1) is 0 Å².